The molecule has 0 fully saturated rings. The van der Waals surface area contributed by atoms with Crippen LogP contribution < -0.4 is 0 Å². The van der Waals surface area contributed by atoms with E-state index in [9.17, 15) is 18.0 Å². The lowest BCUT2D eigenvalue weighted by Crippen LogP contribution is -2.13. The number of pyridine rings is 1. The maximum absolute atomic E-state index is 13.7. The van der Waals surface area contributed by atoms with Gasteiger partial charge in [-0.1, -0.05) is 79.7 Å². The van der Waals surface area contributed by atoms with E-state index in [1.165, 1.54) is 6.07 Å². The lowest BCUT2D eigenvalue weighted by atomic mass is 9.88. The molecule has 0 aliphatic rings. The summed E-state index contributed by atoms with van der Waals surface area (Å²) in [5.41, 5.74) is 1.40. The zero-order valence-corrected chi connectivity index (χ0v) is 16.2. The van der Waals surface area contributed by atoms with Gasteiger partial charge in [0.25, 0.3) is 0 Å². The van der Waals surface area contributed by atoms with E-state index in [1.807, 2.05) is 12.1 Å². The number of aryl methyl sites for hydroxylation is 1. The molecule has 0 aliphatic heterocycles. The van der Waals surface area contributed by atoms with E-state index >= 15 is 0 Å². The molecule has 4 rings (SSSR count). The molecular weight excluding hydrogens is 387 g/mol. The summed E-state index contributed by atoms with van der Waals surface area (Å²) >= 11 is 0. The van der Waals surface area contributed by atoms with Crippen molar-refractivity contribution in [3.63, 3.8) is 0 Å². The third-order valence-corrected chi connectivity index (χ3v) is 5.06. The Morgan fingerprint density at radius 3 is 2.10 bits per heavy atom. The summed E-state index contributed by atoms with van der Waals surface area (Å²) in [6.45, 7) is 1.79. The number of hydrogen-bond acceptors (Lipinski definition) is 2. The monoisotopic (exact) mass is 405 g/mol. The van der Waals surface area contributed by atoms with Crippen LogP contribution >= 0.6 is 0 Å². The molecule has 0 N–H and O–H groups in total. The summed E-state index contributed by atoms with van der Waals surface area (Å²) in [5.74, 6) is -0.252. The van der Waals surface area contributed by atoms with Crippen LogP contribution in [-0.4, -0.2) is 10.8 Å². The minimum absolute atomic E-state index is 0.134. The minimum Gasteiger partial charge on any atom is -0.289 e. The number of rotatable bonds is 4. The van der Waals surface area contributed by atoms with Crippen molar-refractivity contribution in [2.75, 3.05) is 0 Å². The van der Waals surface area contributed by atoms with E-state index in [1.54, 1.807) is 61.5 Å². The van der Waals surface area contributed by atoms with Crippen LogP contribution in [0.15, 0.2) is 78.9 Å². The van der Waals surface area contributed by atoms with Crippen molar-refractivity contribution >= 4 is 16.7 Å². The van der Waals surface area contributed by atoms with Gasteiger partial charge in [0.15, 0.2) is 5.78 Å². The molecule has 0 bridgehead atoms. The van der Waals surface area contributed by atoms with Crippen molar-refractivity contribution in [3.8, 4) is 11.1 Å². The fraction of sp³-hybridized carbons (Fsp3) is 0.120. The van der Waals surface area contributed by atoms with Gasteiger partial charge in [-0.25, -0.2) is 0 Å². The number of aromatic nitrogens is 1. The van der Waals surface area contributed by atoms with Crippen molar-refractivity contribution in [2.45, 2.75) is 19.5 Å². The predicted octanol–water partition coefficient (Wildman–Crippen LogP) is 6.71. The SMILES string of the molecule is CCc1nc2c(C(F)(F)F)cccc2c(-c2ccccc2)c1C(=O)c1ccccc1. The first-order valence-corrected chi connectivity index (χ1v) is 9.59. The van der Waals surface area contributed by atoms with Crippen LogP contribution in [-0.2, 0) is 12.6 Å². The number of halogens is 3. The van der Waals surface area contributed by atoms with Gasteiger partial charge in [-0.05, 0) is 18.1 Å². The molecule has 0 saturated heterocycles. The highest BCUT2D eigenvalue weighted by Gasteiger charge is 2.34. The Balaban J connectivity index is 2.15. The van der Waals surface area contributed by atoms with Gasteiger partial charge in [0, 0.05) is 16.5 Å². The Morgan fingerprint density at radius 1 is 0.867 bits per heavy atom. The molecule has 0 saturated carbocycles. The number of nitrogens with zero attached hydrogens (tertiary/aromatic N) is 1. The topological polar surface area (TPSA) is 30.0 Å². The standard InChI is InChI=1S/C25H18F3NO/c1-2-20-22(24(30)17-12-7-4-8-13-17)21(16-10-5-3-6-11-16)18-14-9-15-19(23(18)29-20)25(26,27)28/h3-15H,2H2,1H3. The normalized spacial score (nSPS) is 11.6. The van der Waals surface area contributed by atoms with Crippen molar-refractivity contribution in [1.82, 2.24) is 4.98 Å². The molecule has 0 radical (unpaired) electrons. The van der Waals surface area contributed by atoms with Gasteiger partial charge in [0.1, 0.15) is 0 Å². The van der Waals surface area contributed by atoms with Gasteiger partial charge >= 0.3 is 6.18 Å². The van der Waals surface area contributed by atoms with Gasteiger partial charge in [-0.2, -0.15) is 13.2 Å². The average molecular weight is 405 g/mol. The van der Waals surface area contributed by atoms with Crippen molar-refractivity contribution in [2.24, 2.45) is 0 Å². The largest absolute Gasteiger partial charge is 0.418 e. The van der Waals surface area contributed by atoms with Gasteiger partial charge in [0.05, 0.1) is 22.3 Å². The van der Waals surface area contributed by atoms with Crippen LogP contribution in [0.5, 0.6) is 0 Å². The zero-order chi connectivity index (χ0) is 21.3. The second-order valence-corrected chi connectivity index (χ2v) is 6.92. The van der Waals surface area contributed by atoms with E-state index in [0.717, 1.165) is 6.07 Å². The first-order chi connectivity index (χ1) is 14.4. The van der Waals surface area contributed by atoms with Crippen LogP contribution in [0.2, 0.25) is 0 Å². The van der Waals surface area contributed by atoms with E-state index in [-0.39, 0.29) is 11.3 Å². The van der Waals surface area contributed by atoms with E-state index < -0.39 is 11.7 Å². The molecule has 150 valence electrons. The molecule has 4 aromatic rings. The fourth-order valence-electron chi connectivity index (χ4n) is 3.70. The molecule has 0 unspecified atom stereocenters. The first kappa shape index (κ1) is 19.8. The summed E-state index contributed by atoms with van der Waals surface area (Å²) in [7, 11) is 0. The Hall–Kier alpha value is -3.47. The summed E-state index contributed by atoms with van der Waals surface area (Å²) < 4.78 is 41.1. The predicted molar refractivity (Wildman–Crippen MR) is 111 cm³/mol. The van der Waals surface area contributed by atoms with E-state index in [0.29, 0.717) is 39.8 Å². The molecular formula is C25H18F3NO. The number of benzene rings is 3. The fourth-order valence-corrected chi connectivity index (χ4v) is 3.70. The van der Waals surface area contributed by atoms with Crippen LogP contribution in [0.3, 0.4) is 0 Å². The van der Waals surface area contributed by atoms with Crippen LogP contribution in [0.1, 0.15) is 34.1 Å². The van der Waals surface area contributed by atoms with Crippen molar-refractivity contribution in [3.05, 3.63) is 101 Å². The number of carbonyl (C=O) groups is 1. The number of para-hydroxylation sites is 1. The molecule has 5 heteroatoms. The second kappa shape index (κ2) is 7.75. The van der Waals surface area contributed by atoms with Gasteiger partial charge in [-0.3, -0.25) is 9.78 Å². The molecule has 0 atom stereocenters. The lowest BCUT2D eigenvalue weighted by molar-refractivity contribution is -0.136. The maximum atomic E-state index is 13.7. The Bertz CT molecular complexity index is 1220. The smallest absolute Gasteiger partial charge is 0.289 e. The van der Waals surface area contributed by atoms with Gasteiger partial charge in [0.2, 0.25) is 0 Å². The van der Waals surface area contributed by atoms with Crippen molar-refractivity contribution in [1.29, 1.82) is 0 Å². The van der Waals surface area contributed by atoms with E-state index in [4.69, 9.17) is 0 Å². The number of alkyl halides is 3. The quantitative estimate of drug-likeness (QED) is 0.353. The highest BCUT2D eigenvalue weighted by molar-refractivity contribution is 6.17. The Kier molecular flexibility index (Phi) is 5.12. The Morgan fingerprint density at radius 2 is 1.50 bits per heavy atom. The third kappa shape index (κ3) is 3.47. The highest BCUT2D eigenvalue weighted by Crippen LogP contribution is 2.40. The lowest BCUT2D eigenvalue weighted by Gasteiger charge is -2.19. The zero-order valence-electron chi connectivity index (χ0n) is 16.2. The average Bonchev–Trinajstić information content (AvgIpc) is 2.77. The van der Waals surface area contributed by atoms with Gasteiger partial charge < -0.3 is 0 Å². The molecule has 0 spiro atoms. The van der Waals surface area contributed by atoms with Crippen LogP contribution in [0, 0.1) is 0 Å². The number of ketones is 1. The number of hydrogen-bond donors (Lipinski definition) is 0. The van der Waals surface area contributed by atoms with Gasteiger partial charge in [-0.15, -0.1) is 0 Å². The second-order valence-electron chi connectivity index (χ2n) is 6.92. The van der Waals surface area contributed by atoms with Crippen LogP contribution in [0.25, 0.3) is 22.0 Å². The minimum atomic E-state index is -4.55. The summed E-state index contributed by atoms with van der Waals surface area (Å²) in [5, 5.41) is 0.313. The number of carbonyl (C=O) groups excluding carboxylic acids is 1. The number of fused-ring (bicyclic) bond motifs is 1. The summed E-state index contributed by atoms with van der Waals surface area (Å²) in [6.07, 6.45) is -4.22. The van der Waals surface area contributed by atoms with Crippen molar-refractivity contribution < 1.29 is 18.0 Å². The highest BCUT2D eigenvalue weighted by atomic mass is 19.4. The summed E-state index contributed by atoms with van der Waals surface area (Å²) in [4.78, 5) is 17.8. The van der Waals surface area contributed by atoms with E-state index in [2.05, 4.69) is 4.98 Å². The van der Waals surface area contributed by atoms with Crippen LogP contribution in [0.4, 0.5) is 13.2 Å². The molecule has 30 heavy (non-hydrogen) atoms. The maximum Gasteiger partial charge on any atom is 0.418 e. The molecule has 1 heterocycles. The molecule has 2 nitrogen and oxygen atoms in total. The summed E-state index contributed by atoms with van der Waals surface area (Å²) in [6, 6.07) is 21.8. The third-order valence-electron chi connectivity index (χ3n) is 5.06. The Labute approximate surface area is 172 Å². The first-order valence-electron chi connectivity index (χ1n) is 9.59. The molecule has 1 aromatic heterocycles. The molecule has 0 amide bonds. The molecule has 3 aromatic carbocycles. The molecule has 0 aliphatic carbocycles.